The van der Waals surface area contributed by atoms with E-state index < -0.39 is 0 Å². The molecule has 90 valence electrons. The minimum Gasteiger partial charge on any atom is -0.313 e. The van der Waals surface area contributed by atoms with Crippen molar-refractivity contribution in [3.05, 3.63) is 33.3 Å². The summed E-state index contributed by atoms with van der Waals surface area (Å²) in [5, 5.41) is 4.20. The maximum absolute atomic E-state index is 6.02. The highest BCUT2D eigenvalue weighted by Gasteiger charge is 1.98. The summed E-state index contributed by atoms with van der Waals surface area (Å²) in [5.74, 6) is 1.26. The van der Waals surface area contributed by atoms with E-state index in [4.69, 9.17) is 11.6 Å². The second-order valence-corrected chi connectivity index (χ2v) is 5.87. The first-order valence-corrected chi connectivity index (χ1v) is 7.94. The minimum absolute atomic E-state index is 0.779. The fraction of sp³-hybridized carbons (Fsp3) is 0.500. The Labute approximate surface area is 115 Å². The van der Waals surface area contributed by atoms with Crippen molar-refractivity contribution in [2.45, 2.75) is 19.4 Å². The van der Waals surface area contributed by atoms with Gasteiger partial charge in [-0.25, -0.2) is 0 Å². The first kappa shape index (κ1) is 14.4. The summed E-state index contributed by atoms with van der Waals surface area (Å²) in [6, 6.07) is 6.08. The normalized spacial score (nSPS) is 10.7. The number of thioether (sulfide) groups is 1. The molecule has 0 aromatic heterocycles. The van der Waals surface area contributed by atoms with Crippen molar-refractivity contribution < 1.29 is 0 Å². The van der Waals surface area contributed by atoms with Crippen molar-refractivity contribution in [1.82, 2.24) is 5.32 Å². The van der Waals surface area contributed by atoms with Crippen LogP contribution in [0.1, 0.15) is 18.4 Å². The van der Waals surface area contributed by atoms with Crippen LogP contribution < -0.4 is 5.32 Å². The average molecular weight is 323 g/mol. The van der Waals surface area contributed by atoms with Crippen LogP contribution in [0, 0.1) is 0 Å². The number of nitrogens with one attached hydrogen (secondary N) is 1. The lowest BCUT2D eigenvalue weighted by atomic mass is 10.2. The van der Waals surface area contributed by atoms with Gasteiger partial charge in [0.2, 0.25) is 0 Å². The van der Waals surface area contributed by atoms with Crippen molar-refractivity contribution in [1.29, 1.82) is 0 Å². The molecule has 1 rings (SSSR count). The summed E-state index contributed by atoms with van der Waals surface area (Å²) in [7, 11) is 0. The third-order valence-corrected chi connectivity index (χ3v) is 4.19. The van der Waals surface area contributed by atoms with Gasteiger partial charge >= 0.3 is 0 Å². The zero-order valence-electron chi connectivity index (χ0n) is 9.43. The molecule has 0 radical (unpaired) electrons. The molecule has 1 aromatic carbocycles. The molecule has 4 heteroatoms. The van der Waals surface area contributed by atoms with E-state index in [-0.39, 0.29) is 0 Å². The molecule has 0 aliphatic carbocycles. The summed E-state index contributed by atoms with van der Waals surface area (Å²) in [5.41, 5.74) is 1.23. The van der Waals surface area contributed by atoms with Crippen molar-refractivity contribution in [3.63, 3.8) is 0 Å². The van der Waals surface area contributed by atoms with E-state index in [9.17, 15) is 0 Å². The Morgan fingerprint density at radius 3 is 2.88 bits per heavy atom. The Kier molecular flexibility index (Phi) is 7.54. The van der Waals surface area contributed by atoms with Gasteiger partial charge in [-0.15, -0.1) is 0 Å². The summed E-state index contributed by atoms with van der Waals surface area (Å²) >= 11 is 11.3. The minimum atomic E-state index is 0.779. The van der Waals surface area contributed by atoms with Crippen LogP contribution in [0.3, 0.4) is 0 Å². The Morgan fingerprint density at radius 1 is 1.38 bits per heavy atom. The van der Waals surface area contributed by atoms with Crippen molar-refractivity contribution >= 4 is 39.3 Å². The maximum Gasteiger partial charge on any atom is 0.0551 e. The highest BCUT2D eigenvalue weighted by atomic mass is 79.9. The van der Waals surface area contributed by atoms with Crippen LogP contribution in [0.2, 0.25) is 5.02 Å². The van der Waals surface area contributed by atoms with Crippen LogP contribution in [0.25, 0.3) is 0 Å². The number of hydrogen-bond acceptors (Lipinski definition) is 2. The molecule has 0 fully saturated rings. The van der Waals surface area contributed by atoms with E-state index in [1.165, 1.54) is 24.2 Å². The molecule has 0 amide bonds. The van der Waals surface area contributed by atoms with Gasteiger partial charge < -0.3 is 5.32 Å². The number of benzene rings is 1. The largest absolute Gasteiger partial charge is 0.313 e. The predicted molar refractivity (Wildman–Crippen MR) is 78.5 cm³/mol. The summed E-state index contributed by atoms with van der Waals surface area (Å²) < 4.78 is 0.956. The number of halogens is 2. The molecule has 0 saturated carbocycles. The second kappa shape index (κ2) is 8.40. The molecule has 0 atom stereocenters. The molecular weight excluding hydrogens is 306 g/mol. The SMILES string of the molecule is CSCCCCNCc1ccc(Br)c(Cl)c1. The van der Waals surface area contributed by atoms with Crippen LogP contribution in [-0.2, 0) is 6.54 Å². The number of hydrogen-bond donors (Lipinski definition) is 1. The smallest absolute Gasteiger partial charge is 0.0551 e. The summed E-state index contributed by atoms with van der Waals surface area (Å²) in [6.07, 6.45) is 4.68. The Bertz CT molecular complexity index is 320. The van der Waals surface area contributed by atoms with Gasteiger partial charge in [-0.3, -0.25) is 0 Å². The fourth-order valence-electron chi connectivity index (χ4n) is 1.38. The summed E-state index contributed by atoms with van der Waals surface area (Å²) in [4.78, 5) is 0. The molecule has 0 unspecified atom stereocenters. The standard InChI is InChI=1S/C12H17BrClNS/c1-16-7-3-2-6-15-9-10-4-5-11(13)12(14)8-10/h4-5,8,15H,2-3,6-7,9H2,1H3. The molecule has 0 saturated heterocycles. The molecule has 16 heavy (non-hydrogen) atoms. The zero-order valence-corrected chi connectivity index (χ0v) is 12.6. The Morgan fingerprint density at radius 2 is 2.19 bits per heavy atom. The lowest BCUT2D eigenvalue weighted by Gasteiger charge is -2.05. The molecule has 0 aliphatic heterocycles. The van der Waals surface area contributed by atoms with Crippen molar-refractivity contribution in [2.24, 2.45) is 0 Å². The molecule has 1 N–H and O–H groups in total. The average Bonchev–Trinajstić information content (AvgIpc) is 2.28. The van der Waals surface area contributed by atoms with E-state index in [1.54, 1.807) is 0 Å². The van der Waals surface area contributed by atoms with Crippen LogP contribution in [0.4, 0.5) is 0 Å². The van der Waals surface area contributed by atoms with Crippen molar-refractivity contribution in [2.75, 3.05) is 18.6 Å². The highest BCUT2D eigenvalue weighted by molar-refractivity contribution is 9.10. The quantitative estimate of drug-likeness (QED) is 0.750. The van der Waals surface area contributed by atoms with Crippen LogP contribution in [0.5, 0.6) is 0 Å². The van der Waals surface area contributed by atoms with Gasteiger partial charge in [0.1, 0.15) is 0 Å². The summed E-state index contributed by atoms with van der Waals surface area (Å²) in [6.45, 7) is 1.97. The van der Waals surface area contributed by atoms with Crippen LogP contribution in [0.15, 0.2) is 22.7 Å². The third kappa shape index (κ3) is 5.58. The van der Waals surface area contributed by atoms with Gasteiger partial charge in [-0.2, -0.15) is 11.8 Å². The lowest BCUT2D eigenvalue weighted by Crippen LogP contribution is -2.14. The van der Waals surface area contributed by atoms with Crippen LogP contribution in [-0.4, -0.2) is 18.6 Å². The molecular formula is C12H17BrClNS. The Balaban J connectivity index is 2.19. The molecule has 0 bridgehead atoms. The predicted octanol–water partition coefficient (Wildman–Crippen LogP) is 4.34. The topological polar surface area (TPSA) is 12.0 Å². The zero-order chi connectivity index (χ0) is 11.8. The van der Waals surface area contributed by atoms with E-state index in [0.717, 1.165) is 22.6 Å². The van der Waals surface area contributed by atoms with Gasteiger partial charge in [-0.05, 0) is 65.0 Å². The Hall–Kier alpha value is 0.300. The second-order valence-electron chi connectivity index (χ2n) is 3.63. The third-order valence-electron chi connectivity index (χ3n) is 2.27. The molecule has 0 aliphatic rings. The van der Waals surface area contributed by atoms with Gasteiger partial charge in [0.25, 0.3) is 0 Å². The van der Waals surface area contributed by atoms with Crippen LogP contribution >= 0.6 is 39.3 Å². The van der Waals surface area contributed by atoms with E-state index >= 15 is 0 Å². The van der Waals surface area contributed by atoms with E-state index in [1.807, 2.05) is 23.9 Å². The van der Waals surface area contributed by atoms with Gasteiger partial charge in [0, 0.05) is 11.0 Å². The van der Waals surface area contributed by atoms with Gasteiger partial charge in [0.05, 0.1) is 5.02 Å². The molecule has 1 nitrogen and oxygen atoms in total. The fourth-order valence-corrected chi connectivity index (χ4v) is 2.32. The molecule has 0 heterocycles. The van der Waals surface area contributed by atoms with Gasteiger partial charge in [-0.1, -0.05) is 17.7 Å². The van der Waals surface area contributed by atoms with Gasteiger partial charge in [0.15, 0.2) is 0 Å². The van der Waals surface area contributed by atoms with E-state index in [0.29, 0.717) is 0 Å². The molecule has 0 spiro atoms. The lowest BCUT2D eigenvalue weighted by molar-refractivity contribution is 0.644. The van der Waals surface area contributed by atoms with Crippen molar-refractivity contribution in [3.8, 4) is 0 Å². The number of rotatable bonds is 7. The number of unbranched alkanes of at least 4 members (excludes halogenated alkanes) is 1. The van der Waals surface area contributed by atoms with E-state index in [2.05, 4.69) is 33.6 Å². The first-order chi connectivity index (χ1) is 7.74. The maximum atomic E-state index is 6.02. The monoisotopic (exact) mass is 321 g/mol. The first-order valence-electron chi connectivity index (χ1n) is 5.37. The highest BCUT2D eigenvalue weighted by Crippen LogP contribution is 2.22. The molecule has 1 aromatic rings.